The lowest BCUT2D eigenvalue weighted by molar-refractivity contribution is 0.0950. The van der Waals surface area contributed by atoms with Crippen LogP contribution in [-0.2, 0) is 6.54 Å². The van der Waals surface area contributed by atoms with E-state index in [9.17, 15) is 13.6 Å². The minimum absolute atomic E-state index is 0.0504. The number of ether oxygens (including phenoxy) is 1. The molecule has 6 heteroatoms. The van der Waals surface area contributed by atoms with Gasteiger partial charge in [-0.25, -0.2) is 4.39 Å². The van der Waals surface area contributed by atoms with Crippen molar-refractivity contribution in [1.29, 1.82) is 0 Å². The van der Waals surface area contributed by atoms with Crippen LogP contribution in [0.1, 0.15) is 35.2 Å². The summed E-state index contributed by atoms with van der Waals surface area (Å²) in [6.07, 6.45) is 3.56. The molecule has 0 fully saturated rings. The lowest BCUT2D eigenvalue weighted by Gasteiger charge is -2.11. The molecule has 0 aliphatic rings. The average molecular weight is 384 g/mol. The monoisotopic (exact) mass is 384 g/mol. The molecule has 3 rings (SSSR count). The summed E-state index contributed by atoms with van der Waals surface area (Å²) in [7, 11) is 0. The predicted molar refractivity (Wildman–Crippen MR) is 105 cm³/mol. The number of rotatable bonds is 9. The highest BCUT2D eigenvalue weighted by molar-refractivity contribution is 5.97. The van der Waals surface area contributed by atoms with Gasteiger partial charge in [0.15, 0.2) is 11.6 Å². The quantitative estimate of drug-likeness (QED) is 0.538. The molecule has 0 saturated heterocycles. The van der Waals surface area contributed by atoms with Crippen LogP contribution in [0.5, 0.6) is 5.75 Å². The molecule has 0 aliphatic heterocycles. The van der Waals surface area contributed by atoms with Gasteiger partial charge in [0.05, 0.1) is 18.8 Å². The Balaban J connectivity index is 1.60. The molecule has 4 nitrogen and oxygen atoms in total. The number of nitrogens with zero attached hydrogens (tertiary/aromatic N) is 1. The molecular weight excluding hydrogens is 362 g/mol. The molecule has 3 aromatic rings. The summed E-state index contributed by atoms with van der Waals surface area (Å²) in [5.41, 5.74) is 1.64. The summed E-state index contributed by atoms with van der Waals surface area (Å²) < 4.78 is 32.1. The predicted octanol–water partition coefficient (Wildman–Crippen LogP) is 4.82. The number of aromatic nitrogens is 1. The molecule has 146 valence electrons. The molecule has 0 atom stereocenters. The van der Waals surface area contributed by atoms with Crippen molar-refractivity contribution in [3.05, 3.63) is 71.7 Å². The minimum Gasteiger partial charge on any atom is -0.491 e. The maximum atomic E-state index is 14.6. The number of hydrogen-bond donors (Lipinski definition) is 1. The van der Waals surface area contributed by atoms with Gasteiger partial charge in [-0.05, 0) is 49.6 Å². The molecule has 0 saturated carbocycles. The zero-order chi connectivity index (χ0) is 19.8. The molecule has 1 amide bonds. The van der Waals surface area contributed by atoms with Crippen molar-refractivity contribution in [3.8, 4) is 5.75 Å². The van der Waals surface area contributed by atoms with E-state index < -0.39 is 5.82 Å². The Morgan fingerprint density at radius 3 is 2.82 bits per heavy atom. The molecule has 1 heterocycles. The number of nitrogens with one attached hydrogen (secondary N) is 1. The number of carbonyl (C=O) groups is 1. The van der Waals surface area contributed by atoms with E-state index in [0.717, 1.165) is 10.9 Å². The van der Waals surface area contributed by atoms with Crippen LogP contribution in [0, 0.1) is 5.82 Å². The van der Waals surface area contributed by atoms with Crippen LogP contribution in [-0.4, -0.2) is 24.2 Å². The highest BCUT2D eigenvalue weighted by Crippen LogP contribution is 2.21. The molecule has 0 bridgehead atoms. The van der Waals surface area contributed by atoms with E-state index in [-0.39, 0.29) is 24.9 Å². The van der Waals surface area contributed by atoms with Crippen molar-refractivity contribution < 1.29 is 18.3 Å². The topological polar surface area (TPSA) is 51.2 Å². The van der Waals surface area contributed by atoms with Crippen LogP contribution in [0.15, 0.2) is 54.7 Å². The third kappa shape index (κ3) is 5.03. The fourth-order valence-corrected chi connectivity index (χ4v) is 2.85. The number of pyridine rings is 1. The van der Waals surface area contributed by atoms with Gasteiger partial charge in [0.25, 0.3) is 5.91 Å². The van der Waals surface area contributed by atoms with E-state index in [2.05, 4.69) is 10.3 Å². The third-order valence-electron chi connectivity index (χ3n) is 4.38. The first kappa shape index (κ1) is 19.7. The lowest BCUT2D eigenvalue weighted by Crippen LogP contribution is -2.23. The standard InChI is InChI=1S/C22H22F2N2O2/c23-11-2-1-3-13-28-20-8-4-6-18(21(20)24)15-26-22(27)17-9-10-19-16(14-17)7-5-12-25-19/h4-10,12,14H,1-3,11,13,15H2,(H,26,27). The molecule has 0 aliphatic carbocycles. The van der Waals surface area contributed by atoms with Gasteiger partial charge in [-0.1, -0.05) is 18.2 Å². The fraction of sp³-hybridized carbons (Fsp3) is 0.273. The summed E-state index contributed by atoms with van der Waals surface area (Å²) in [6, 6.07) is 13.8. The first-order valence-corrected chi connectivity index (χ1v) is 9.28. The van der Waals surface area contributed by atoms with Gasteiger partial charge in [0.1, 0.15) is 0 Å². The van der Waals surface area contributed by atoms with Crippen LogP contribution >= 0.6 is 0 Å². The first-order chi connectivity index (χ1) is 13.7. The number of carbonyl (C=O) groups excluding carboxylic acids is 1. The Bertz CT molecular complexity index is 947. The largest absolute Gasteiger partial charge is 0.491 e. The Morgan fingerprint density at radius 2 is 1.96 bits per heavy atom. The molecule has 28 heavy (non-hydrogen) atoms. The number of unbranched alkanes of at least 4 members (excludes halogenated alkanes) is 2. The van der Waals surface area contributed by atoms with E-state index in [1.54, 1.807) is 42.6 Å². The van der Waals surface area contributed by atoms with Gasteiger partial charge >= 0.3 is 0 Å². The Kier molecular flexibility index (Phi) is 6.89. The average Bonchev–Trinajstić information content (AvgIpc) is 2.73. The zero-order valence-corrected chi connectivity index (χ0v) is 15.5. The second-order valence-corrected chi connectivity index (χ2v) is 6.42. The van der Waals surface area contributed by atoms with Crippen molar-refractivity contribution in [3.63, 3.8) is 0 Å². The Hall–Kier alpha value is -3.02. The number of fused-ring (bicyclic) bond motifs is 1. The lowest BCUT2D eigenvalue weighted by atomic mass is 10.1. The van der Waals surface area contributed by atoms with E-state index in [1.807, 2.05) is 12.1 Å². The van der Waals surface area contributed by atoms with Gasteiger partial charge in [-0.2, -0.15) is 0 Å². The summed E-state index contributed by atoms with van der Waals surface area (Å²) >= 11 is 0. The van der Waals surface area contributed by atoms with Gasteiger partial charge in [0, 0.05) is 29.3 Å². The number of alkyl halides is 1. The van der Waals surface area contributed by atoms with Gasteiger partial charge in [0.2, 0.25) is 0 Å². The van der Waals surface area contributed by atoms with Crippen molar-refractivity contribution in [1.82, 2.24) is 10.3 Å². The number of hydrogen-bond acceptors (Lipinski definition) is 3. The highest BCUT2D eigenvalue weighted by atomic mass is 19.1. The van der Waals surface area contributed by atoms with Gasteiger partial charge < -0.3 is 10.1 Å². The van der Waals surface area contributed by atoms with Crippen LogP contribution in [0.3, 0.4) is 0 Å². The van der Waals surface area contributed by atoms with Crippen molar-refractivity contribution >= 4 is 16.8 Å². The highest BCUT2D eigenvalue weighted by Gasteiger charge is 2.12. The second-order valence-electron chi connectivity index (χ2n) is 6.42. The SMILES string of the molecule is O=C(NCc1cccc(OCCCCCF)c1F)c1ccc2ncccc2c1. The Labute approximate surface area is 162 Å². The molecular formula is C22H22F2N2O2. The maximum absolute atomic E-state index is 14.6. The number of amides is 1. The normalized spacial score (nSPS) is 10.8. The first-order valence-electron chi connectivity index (χ1n) is 9.28. The molecule has 0 radical (unpaired) electrons. The Morgan fingerprint density at radius 1 is 1.07 bits per heavy atom. The second kappa shape index (κ2) is 9.78. The van der Waals surface area contributed by atoms with Crippen molar-refractivity contribution in [2.24, 2.45) is 0 Å². The maximum Gasteiger partial charge on any atom is 0.251 e. The summed E-state index contributed by atoms with van der Waals surface area (Å²) in [5, 5.41) is 3.60. The van der Waals surface area contributed by atoms with E-state index >= 15 is 0 Å². The van der Waals surface area contributed by atoms with E-state index in [4.69, 9.17) is 4.74 Å². The summed E-state index contributed by atoms with van der Waals surface area (Å²) in [4.78, 5) is 16.6. The summed E-state index contributed by atoms with van der Waals surface area (Å²) in [5.74, 6) is -0.637. The molecule has 0 spiro atoms. The zero-order valence-electron chi connectivity index (χ0n) is 15.5. The smallest absolute Gasteiger partial charge is 0.251 e. The van der Waals surface area contributed by atoms with E-state index in [0.29, 0.717) is 37.0 Å². The van der Waals surface area contributed by atoms with E-state index in [1.165, 1.54) is 0 Å². The van der Waals surface area contributed by atoms with Crippen molar-refractivity contribution in [2.45, 2.75) is 25.8 Å². The van der Waals surface area contributed by atoms with Crippen LogP contribution in [0.25, 0.3) is 10.9 Å². The summed E-state index contributed by atoms with van der Waals surface area (Å²) in [6.45, 7) is 0.0317. The fourth-order valence-electron chi connectivity index (χ4n) is 2.85. The van der Waals surface area contributed by atoms with Gasteiger partial charge in [-0.15, -0.1) is 0 Å². The van der Waals surface area contributed by atoms with Crippen LogP contribution in [0.4, 0.5) is 8.78 Å². The third-order valence-corrected chi connectivity index (χ3v) is 4.38. The number of halogens is 2. The number of benzene rings is 2. The molecule has 0 unspecified atom stereocenters. The van der Waals surface area contributed by atoms with Crippen LogP contribution < -0.4 is 10.1 Å². The minimum atomic E-state index is -0.490. The molecule has 1 aromatic heterocycles. The molecule has 1 N–H and O–H groups in total. The van der Waals surface area contributed by atoms with Crippen LogP contribution in [0.2, 0.25) is 0 Å². The van der Waals surface area contributed by atoms with Gasteiger partial charge in [-0.3, -0.25) is 14.2 Å². The molecule has 2 aromatic carbocycles. The van der Waals surface area contributed by atoms with Crippen molar-refractivity contribution in [2.75, 3.05) is 13.3 Å².